The lowest BCUT2D eigenvalue weighted by molar-refractivity contribution is -0.132. The van der Waals surface area contributed by atoms with Gasteiger partial charge in [-0.1, -0.05) is 0 Å². The molecule has 1 saturated heterocycles. The fourth-order valence-corrected chi connectivity index (χ4v) is 4.14. The summed E-state index contributed by atoms with van der Waals surface area (Å²) in [5.41, 5.74) is 1.27. The summed E-state index contributed by atoms with van der Waals surface area (Å²) in [6.07, 6.45) is 7.60. The van der Waals surface area contributed by atoms with Crippen LogP contribution in [-0.2, 0) is 17.8 Å². The number of aromatic nitrogens is 2. The van der Waals surface area contributed by atoms with Gasteiger partial charge in [0.05, 0.1) is 0 Å². The van der Waals surface area contributed by atoms with E-state index in [-0.39, 0.29) is 5.91 Å². The average Bonchev–Trinajstić information content (AvgIpc) is 3.29. The normalized spacial score (nSPS) is 18.0. The summed E-state index contributed by atoms with van der Waals surface area (Å²) in [5.74, 6) is 1.77. The number of carbonyl (C=O) groups is 1. The van der Waals surface area contributed by atoms with Gasteiger partial charge in [0.15, 0.2) is 0 Å². The van der Waals surface area contributed by atoms with Crippen LogP contribution < -0.4 is 0 Å². The second-order valence-electron chi connectivity index (χ2n) is 7.09. The zero-order valence-corrected chi connectivity index (χ0v) is 16.0. The molecule has 1 atom stereocenters. The molecule has 1 amide bonds. The summed E-state index contributed by atoms with van der Waals surface area (Å²) in [4.78, 5) is 21.4. The number of likely N-dealkylation sites (N-methyl/N-ethyl adjacent to an activating group) is 1. The number of amides is 1. The van der Waals surface area contributed by atoms with E-state index in [1.54, 1.807) is 11.3 Å². The Bertz CT molecular complexity index is 665. The van der Waals surface area contributed by atoms with Crippen molar-refractivity contribution in [2.75, 3.05) is 33.7 Å². The third-order valence-electron chi connectivity index (χ3n) is 4.88. The summed E-state index contributed by atoms with van der Waals surface area (Å²) >= 11 is 1.69. The van der Waals surface area contributed by atoms with E-state index in [9.17, 15) is 4.79 Å². The van der Waals surface area contributed by atoms with Crippen molar-refractivity contribution in [2.45, 2.75) is 38.1 Å². The Labute approximate surface area is 154 Å². The van der Waals surface area contributed by atoms with Crippen LogP contribution in [-0.4, -0.2) is 59.0 Å². The molecule has 0 N–H and O–H groups in total. The SMILES string of the molecule is CN(C)CCn1ccnc1C1CCCN(C(=O)CCc2ccsc2)C1. The van der Waals surface area contributed by atoms with Crippen molar-refractivity contribution < 1.29 is 4.79 Å². The highest BCUT2D eigenvalue weighted by Gasteiger charge is 2.27. The van der Waals surface area contributed by atoms with Gasteiger partial charge < -0.3 is 14.4 Å². The molecule has 1 aliphatic heterocycles. The number of hydrogen-bond acceptors (Lipinski definition) is 4. The van der Waals surface area contributed by atoms with Crippen molar-refractivity contribution in [2.24, 2.45) is 0 Å². The molecule has 0 aliphatic carbocycles. The molecule has 1 unspecified atom stereocenters. The van der Waals surface area contributed by atoms with Gasteiger partial charge in [-0.2, -0.15) is 11.3 Å². The van der Waals surface area contributed by atoms with Crippen molar-refractivity contribution in [3.63, 3.8) is 0 Å². The Balaban J connectivity index is 1.57. The first kappa shape index (κ1) is 18.1. The van der Waals surface area contributed by atoms with E-state index >= 15 is 0 Å². The van der Waals surface area contributed by atoms with Crippen LogP contribution in [0.25, 0.3) is 0 Å². The number of aryl methyl sites for hydroxylation is 1. The van der Waals surface area contributed by atoms with E-state index in [0.29, 0.717) is 12.3 Å². The van der Waals surface area contributed by atoms with Gasteiger partial charge >= 0.3 is 0 Å². The minimum Gasteiger partial charge on any atom is -0.342 e. The maximum Gasteiger partial charge on any atom is 0.222 e. The largest absolute Gasteiger partial charge is 0.342 e. The van der Waals surface area contributed by atoms with Gasteiger partial charge in [0, 0.05) is 50.9 Å². The van der Waals surface area contributed by atoms with Crippen molar-refractivity contribution >= 4 is 17.2 Å². The van der Waals surface area contributed by atoms with Crippen LogP contribution in [0.1, 0.15) is 36.6 Å². The topological polar surface area (TPSA) is 41.4 Å². The van der Waals surface area contributed by atoms with E-state index in [4.69, 9.17) is 0 Å². The summed E-state index contributed by atoms with van der Waals surface area (Å²) in [5, 5.41) is 4.21. The lowest BCUT2D eigenvalue weighted by Gasteiger charge is -2.33. The molecular formula is C19H28N4OS. The fraction of sp³-hybridized carbons (Fsp3) is 0.579. The molecule has 0 radical (unpaired) electrons. The lowest BCUT2D eigenvalue weighted by atomic mass is 9.96. The Morgan fingerprint density at radius 2 is 2.32 bits per heavy atom. The van der Waals surface area contributed by atoms with E-state index in [0.717, 1.165) is 51.3 Å². The molecule has 5 nitrogen and oxygen atoms in total. The van der Waals surface area contributed by atoms with Crippen molar-refractivity contribution in [3.8, 4) is 0 Å². The number of hydrogen-bond donors (Lipinski definition) is 0. The van der Waals surface area contributed by atoms with Crippen molar-refractivity contribution in [1.29, 1.82) is 0 Å². The third kappa shape index (κ3) is 4.92. The minimum atomic E-state index is 0.280. The van der Waals surface area contributed by atoms with Crippen LogP contribution in [0.15, 0.2) is 29.2 Å². The summed E-state index contributed by atoms with van der Waals surface area (Å²) in [7, 11) is 4.18. The molecule has 136 valence electrons. The number of piperidine rings is 1. The monoisotopic (exact) mass is 360 g/mol. The summed E-state index contributed by atoms with van der Waals surface area (Å²) in [6, 6.07) is 2.11. The molecule has 3 heterocycles. The van der Waals surface area contributed by atoms with Crippen LogP contribution in [0.2, 0.25) is 0 Å². The van der Waals surface area contributed by atoms with Gasteiger partial charge in [-0.15, -0.1) is 0 Å². The first-order valence-corrected chi connectivity index (χ1v) is 10.0. The van der Waals surface area contributed by atoms with Crippen LogP contribution in [0, 0.1) is 0 Å². The number of carbonyl (C=O) groups excluding carboxylic acids is 1. The van der Waals surface area contributed by atoms with Gasteiger partial charge in [0.1, 0.15) is 5.82 Å². The van der Waals surface area contributed by atoms with Gasteiger partial charge in [-0.3, -0.25) is 4.79 Å². The summed E-state index contributed by atoms with van der Waals surface area (Å²) < 4.78 is 2.25. The predicted octanol–water partition coefficient (Wildman–Crippen LogP) is 2.85. The molecule has 0 saturated carbocycles. The van der Waals surface area contributed by atoms with E-state index in [2.05, 4.69) is 51.6 Å². The van der Waals surface area contributed by atoms with Crippen LogP contribution in [0.3, 0.4) is 0 Å². The molecule has 0 bridgehead atoms. The smallest absolute Gasteiger partial charge is 0.222 e. The Morgan fingerprint density at radius 3 is 3.08 bits per heavy atom. The molecule has 6 heteroatoms. The second-order valence-corrected chi connectivity index (χ2v) is 7.87. The van der Waals surface area contributed by atoms with Gasteiger partial charge in [-0.25, -0.2) is 4.98 Å². The molecule has 1 aliphatic rings. The number of imidazole rings is 1. The Morgan fingerprint density at radius 1 is 1.44 bits per heavy atom. The van der Waals surface area contributed by atoms with E-state index < -0.39 is 0 Å². The van der Waals surface area contributed by atoms with Gasteiger partial charge in [0.2, 0.25) is 5.91 Å². The highest BCUT2D eigenvalue weighted by atomic mass is 32.1. The van der Waals surface area contributed by atoms with Gasteiger partial charge in [-0.05, 0) is 55.7 Å². The molecule has 1 fully saturated rings. The van der Waals surface area contributed by atoms with Crippen LogP contribution >= 0.6 is 11.3 Å². The first-order valence-electron chi connectivity index (χ1n) is 9.08. The van der Waals surface area contributed by atoms with E-state index in [1.807, 2.05) is 11.1 Å². The Kier molecular flexibility index (Phi) is 6.26. The predicted molar refractivity (Wildman–Crippen MR) is 102 cm³/mol. The van der Waals surface area contributed by atoms with Crippen LogP contribution in [0.4, 0.5) is 0 Å². The molecule has 2 aromatic rings. The first-order chi connectivity index (χ1) is 12.1. The quantitative estimate of drug-likeness (QED) is 0.762. The molecular weight excluding hydrogens is 332 g/mol. The fourth-order valence-electron chi connectivity index (χ4n) is 3.44. The van der Waals surface area contributed by atoms with Crippen molar-refractivity contribution in [3.05, 3.63) is 40.6 Å². The summed E-state index contributed by atoms with van der Waals surface area (Å²) in [6.45, 7) is 3.64. The maximum atomic E-state index is 12.6. The number of rotatable bonds is 7. The zero-order chi connectivity index (χ0) is 17.6. The molecule has 2 aromatic heterocycles. The highest BCUT2D eigenvalue weighted by molar-refractivity contribution is 7.07. The van der Waals surface area contributed by atoms with Gasteiger partial charge in [0.25, 0.3) is 0 Å². The maximum absolute atomic E-state index is 12.6. The van der Waals surface area contributed by atoms with E-state index in [1.165, 1.54) is 5.56 Å². The zero-order valence-electron chi connectivity index (χ0n) is 15.2. The average molecular weight is 361 g/mol. The highest BCUT2D eigenvalue weighted by Crippen LogP contribution is 2.26. The number of likely N-dealkylation sites (tertiary alicyclic amines) is 1. The molecule has 25 heavy (non-hydrogen) atoms. The molecule has 0 aromatic carbocycles. The second kappa shape index (κ2) is 8.63. The van der Waals surface area contributed by atoms with Crippen molar-refractivity contribution in [1.82, 2.24) is 19.4 Å². The molecule has 0 spiro atoms. The third-order valence-corrected chi connectivity index (χ3v) is 5.61. The molecule has 3 rings (SSSR count). The van der Waals surface area contributed by atoms with Crippen LogP contribution in [0.5, 0.6) is 0 Å². The standard InChI is InChI=1S/C19H28N4OS/c1-21(2)11-12-22-10-8-20-19(22)17-4-3-9-23(14-17)18(24)6-5-16-7-13-25-15-16/h7-8,10,13,15,17H,3-6,9,11-12,14H2,1-2H3. The minimum absolute atomic E-state index is 0.280. The lowest BCUT2D eigenvalue weighted by Crippen LogP contribution is -2.40. The number of thiophene rings is 1. The number of nitrogens with zero attached hydrogens (tertiary/aromatic N) is 4. The Hall–Kier alpha value is -1.66.